The molecule has 0 bridgehead atoms. The standard InChI is InChI=1S/C20H25N5O2/c1-3-17-6-4-5-11-25(17)20(27)18-12-22-19(13-21-18)24-16-9-7-15(8-10-16)23-14(2)26/h7-10,12-13,17H,3-6,11H2,1-2H3,(H,22,24)(H,23,26). The monoisotopic (exact) mass is 367 g/mol. The van der Waals surface area contributed by atoms with Gasteiger partial charge in [0.2, 0.25) is 5.91 Å². The van der Waals surface area contributed by atoms with Crippen LogP contribution < -0.4 is 10.6 Å². The Bertz CT molecular complexity index is 789. The van der Waals surface area contributed by atoms with Gasteiger partial charge >= 0.3 is 0 Å². The number of anilines is 3. The van der Waals surface area contributed by atoms with Crippen molar-refractivity contribution in [2.24, 2.45) is 0 Å². The van der Waals surface area contributed by atoms with E-state index in [9.17, 15) is 9.59 Å². The smallest absolute Gasteiger partial charge is 0.274 e. The van der Waals surface area contributed by atoms with Gasteiger partial charge in [0.1, 0.15) is 11.5 Å². The van der Waals surface area contributed by atoms with E-state index in [2.05, 4.69) is 27.5 Å². The van der Waals surface area contributed by atoms with Crippen LogP contribution in [-0.2, 0) is 4.79 Å². The van der Waals surface area contributed by atoms with Gasteiger partial charge in [-0.05, 0) is 49.9 Å². The van der Waals surface area contributed by atoms with E-state index in [4.69, 9.17) is 0 Å². The van der Waals surface area contributed by atoms with Crippen molar-refractivity contribution in [1.82, 2.24) is 14.9 Å². The lowest BCUT2D eigenvalue weighted by Crippen LogP contribution is -2.43. The van der Waals surface area contributed by atoms with E-state index in [1.165, 1.54) is 19.5 Å². The summed E-state index contributed by atoms with van der Waals surface area (Å²) < 4.78 is 0. The van der Waals surface area contributed by atoms with Crippen LogP contribution in [0.3, 0.4) is 0 Å². The molecule has 2 amide bonds. The van der Waals surface area contributed by atoms with E-state index in [1.54, 1.807) is 18.3 Å². The minimum atomic E-state index is -0.110. The van der Waals surface area contributed by atoms with Crippen molar-refractivity contribution in [1.29, 1.82) is 0 Å². The maximum Gasteiger partial charge on any atom is 0.274 e. The lowest BCUT2D eigenvalue weighted by molar-refractivity contribution is -0.114. The molecule has 1 fully saturated rings. The fraction of sp³-hybridized carbons (Fsp3) is 0.400. The van der Waals surface area contributed by atoms with Crippen LogP contribution in [0.4, 0.5) is 17.2 Å². The Morgan fingerprint density at radius 3 is 2.48 bits per heavy atom. The molecule has 1 saturated heterocycles. The second-order valence-corrected chi connectivity index (χ2v) is 6.73. The quantitative estimate of drug-likeness (QED) is 0.843. The normalized spacial score (nSPS) is 16.7. The van der Waals surface area contributed by atoms with Gasteiger partial charge in [0, 0.05) is 30.9 Å². The average molecular weight is 367 g/mol. The van der Waals surface area contributed by atoms with Crippen molar-refractivity contribution in [2.75, 3.05) is 17.2 Å². The number of nitrogens with zero attached hydrogens (tertiary/aromatic N) is 3. The molecule has 0 spiro atoms. The molecule has 2 heterocycles. The molecular formula is C20H25N5O2. The van der Waals surface area contributed by atoms with Crippen molar-refractivity contribution in [3.05, 3.63) is 42.4 Å². The zero-order chi connectivity index (χ0) is 19.2. The molecule has 0 saturated carbocycles. The summed E-state index contributed by atoms with van der Waals surface area (Å²) in [5.74, 6) is 0.408. The molecule has 2 aromatic rings. The van der Waals surface area contributed by atoms with Gasteiger partial charge in [-0.25, -0.2) is 9.97 Å². The van der Waals surface area contributed by atoms with Gasteiger partial charge in [-0.15, -0.1) is 0 Å². The molecule has 7 heteroatoms. The Morgan fingerprint density at radius 1 is 1.11 bits per heavy atom. The number of aromatic nitrogens is 2. The minimum absolute atomic E-state index is 0.0414. The first-order chi connectivity index (χ1) is 13.1. The third-order valence-corrected chi connectivity index (χ3v) is 4.71. The van der Waals surface area contributed by atoms with Crippen LogP contribution >= 0.6 is 0 Å². The van der Waals surface area contributed by atoms with Crippen LogP contribution in [-0.4, -0.2) is 39.3 Å². The van der Waals surface area contributed by atoms with Crippen LogP contribution in [0.25, 0.3) is 0 Å². The zero-order valence-corrected chi connectivity index (χ0v) is 15.7. The van der Waals surface area contributed by atoms with Gasteiger partial charge in [-0.2, -0.15) is 0 Å². The molecule has 1 unspecified atom stereocenters. The summed E-state index contributed by atoms with van der Waals surface area (Å²) in [6.45, 7) is 4.38. The fourth-order valence-corrected chi connectivity index (χ4v) is 3.33. The van der Waals surface area contributed by atoms with Crippen molar-refractivity contribution in [2.45, 2.75) is 45.6 Å². The third-order valence-electron chi connectivity index (χ3n) is 4.71. The van der Waals surface area contributed by atoms with Crippen molar-refractivity contribution < 1.29 is 9.59 Å². The van der Waals surface area contributed by atoms with Crippen LogP contribution in [0.1, 0.15) is 50.0 Å². The minimum Gasteiger partial charge on any atom is -0.339 e. The number of hydrogen-bond acceptors (Lipinski definition) is 5. The number of piperidine rings is 1. The van der Waals surface area contributed by atoms with Gasteiger partial charge in [-0.1, -0.05) is 6.92 Å². The molecule has 1 aliphatic heterocycles. The second kappa shape index (κ2) is 8.62. The molecule has 7 nitrogen and oxygen atoms in total. The summed E-state index contributed by atoms with van der Waals surface area (Å²) in [7, 11) is 0. The van der Waals surface area contributed by atoms with Crippen LogP contribution in [0, 0.1) is 0 Å². The first kappa shape index (κ1) is 18.8. The summed E-state index contributed by atoms with van der Waals surface area (Å²) in [5, 5.41) is 5.86. The van der Waals surface area contributed by atoms with Crippen molar-refractivity contribution in [3.63, 3.8) is 0 Å². The number of rotatable bonds is 5. The third kappa shape index (κ3) is 4.81. The molecule has 142 valence electrons. The number of carbonyl (C=O) groups is 2. The van der Waals surface area contributed by atoms with E-state index in [1.807, 2.05) is 17.0 Å². The summed E-state index contributed by atoms with van der Waals surface area (Å²) >= 11 is 0. The Labute approximate surface area is 159 Å². The summed E-state index contributed by atoms with van der Waals surface area (Å²) in [4.78, 5) is 34.3. The maximum absolute atomic E-state index is 12.7. The molecule has 0 radical (unpaired) electrons. The lowest BCUT2D eigenvalue weighted by atomic mass is 10.00. The number of likely N-dealkylation sites (tertiary alicyclic amines) is 1. The highest BCUT2D eigenvalue weighted by Crippen LogP contribution is 2.22. The number of amides is 2. The molecule has 1 atom stereocenters. The maximum atomic E-state index is 12.7. The van der Waals surface area contributed by atoms with E-state index < -0.39 is 0 Å². The predicted octanol–water partition coefficient (Wildman–Crippen LogP) is 3.58. The van der Waals surface area contributed by atoms with E-state index >= 15 is 0 Å². The Hall–Kier alpha value is -2.96. The van der Waals surface area contributed by atoms with Crippen molar-refractivity contribution >= 4 is 29.0 Å². The molecule has 0 aliphatic carbocycles. The first-order valence-electron chi connectivity index (χ1n) is 9.34. The largest absolute Gasteiger partial charge is 0.339 e. The lowest BCUT2D eigenvalue weighted by Gasteiger charge is -2.34. The van der Waals surface area contributed by atoms with E-state index in [0.717, 1.165) is 37.2 Å². The highest BCUT2D eigenvalue weighted by molar-refractivity contribution is 5.92. The molecule has 2 N–H and O–H groups in total. The molecule has 27 heavy (non-hydrogen) atoms. The topological polar surface area (TPSA) is 87.2 Å². The van der Waals surface area contributed by atoms with Crippen molar-refractivity contribution in [3.8, 4) is 0 Å². The molecule has 3 rings (SSSR count). The summed E-state index contributed by atoms with van der Waals surface area (Å²) in [6, 6.07) is 7.58. The molecule has 1 aliphatic rings. The highest BCUT2D eigenvalue weighted by atomic mass is 16.2. The predicted molar refractivity (Wildman–Crippen MR) is 105 cm³/mol. The second-order valence-electron chi connectivity index (χ2n) is 6.73. The SMILES string of the molecule is CCC1CCCCN1C(=O)c1cnc(Nc2ccc(NC(C)=O)cc2)cn1. The van der Waals surface area contributed by atoms with Crippen LogP contribution in [0.15, 0.2) is 36.7 Å². The number of nitrogens with one attached hydrogen (secondary N) is 2. The molecule has 1 aromatic carbocycles. The highest BCUT2D eigenvalue weighted by Gasteiger charge is 2.27. The Morgan fingerprint density at radius 2 is 1.85 bits per heavy atom. The van der Waals surface area contributed by atoms with E-state index in [-0.39, 0.29) is 11.8 Å². The summed E-state index contributed by atoms with van der Waals surface area (Å²) in [5.41, 5.74) is 1.92. The molecular weight excluding hydrogens is 342 g/mol. The van der Waals surface area contributed by atoms with Gasteiger partial charge in [0.15, 0.2) is 0 Å². The van der Waals surface area contributed by atoms with Crippen LogP contribution in [0.2, 0.25) is 0 Å². The van der Waals surface area contributed by atoms with Crippen LogP contribution in [0.5, 0.6) is 0 Å². The van der Waals surface area contributed by atoms with E-state index in [0.29, 0.717) is 17.6 Å². The van der Waals surface area contributed by atoms with Gasteiger partial charge < -0.3 is 15.5 Å². The number of carbonyl (C=O) groups excluding carboxylic acids is 2. The average Bonchev–Trinajstić information content (AvgIpc) is 2.69. The van der Waals surface area contributed by atoms with Gasteiger partial charge in [-0.3, -0.25) is 9.59 Å². The fourth-order valence-electron chi connectivity index (χ4n) is 3.33. The number of hydrogen-bond donors (Lipinski definition) is 2. The first-order valence-corrected chi connectivity index (χ1v) is 9.34. The Balaban J connectivity index is 1.64. The molecule has 1 aromatic heterocycles. The Kier molecular flexibility index (Phi) is 6.01. The number of benzene rings is 1. The zero-order valence-electron chi connectivity index (χ0n) is 15.7. The van der Waals surface area contributed by atoms with Gasteiger partial charge in [0.05, 0.1) is 12.4 Å². The van der Waals surface area contributed by atoms with Gasteiger partial charge in [0.25, 0.3) is 5.91 Å². The summed E-state index contributed by atoms with van der Waals surface area (Å²) in [6.07, 6.45) is 7.34.